The third-order valence-corrected chi connectivity index (χ3v) is 6.14. The van der Waals surface area contributed by atoms with E-state index in [0.717, 1.165) is 15.6 Å². The molecule has 0 spiro atoms. The molecule has 3 heterocycles. The number of thiazole rings is 1. The molecule has 0 saturated carbocycles. The minimum Gasteiger partial charge on any atom is -0.346 e. The average Bonchev–Trinajstić information content (AvgIpc) is 3.31. The molecule has 160 valence electrons. The van der Waals surface area contributed by atoms with Crippen LogP contribution in [0.5, 0.6) is 0 Å². The summed E-state index contributed by atoms with van der Waals surface area (Å²) in [7, 11) is 0. The fraction of sp³-hybridized carbons (Fsp3) is 0.333. The monoisotopic (exact) mass is 440 g/mol. The highest BCUT2D eigenvalue weighted by molar-refractivity contribution is 7.09. The highest BCUT2D eigenvalue weighted by atomic mass is 32.1. The lowest BCUT2D eigenvalue weighted by atomic mass is 10.0. The Hall–Kier alpha value is -3.40. The Morgan fingerprint density at radius 3 is 2.71 bits per heavy atom. The molecule has 0 bridgehead atoms. The fourth-order valence-corrected chi connectivity index (χ4v) is 4.52. The van der Waals surface area contributed by atoms with Crippen molar-refractivity contribution in [2.45, 2.75) is 45.2 Å². The fourth-order valence-electron chi connectivity index (χ4n) is 3.63. The Morgan fingerprint density at radius 2 is 2.03 bits per heavy atom. The zero-order valence-electron chi connectivity index (χ0n) is 16.9. The molecule has 2 aromatic rings. The molecule has 2 N–H and O–H groups in total. The van der Waals surface area contributed by atoms with E-state index in [-0.39, 0.29) is 42.0 Å². The van der Waals surface area contributed by atoms with Crippen LogP contribution in [0.3, 0.4) is 0 Å². The van der Waals surface area contributed by atoms with Crippen molar-refractivity contribution in [2.75, 3.05) is 0 Å². The van der Waals surface area contributed by atoms with E-state index in [2.05, 4.69) is 15.6 Å². The lowest BCUT2D eigenvalue weighted by molar-refractivity contribution is -0.136. The second-order valence-electron chi connectivity index (χ2n) is 7.68. The van der Waals surface area contributed by atoms with E-state index in [4.69, 9.17) is 0 Å². The van der Waals surface area contributed by atoms with Gasteiger partial charge in [-0.05, 0) is 24.5 Å². The molecule has 1 unspecified atom stereocenters. The molecule has 31 heavy (non-hydrogen) atoms. The van der Waals surface area contributed by atoms with Crippen molar-refractivity contribution in [2.24, 2.45) is 0 Å². The Balaban J connectivity index is 1.56. The van der Waals surface area contributed by atoms with Crippen molar-refractivity contribution in [3.05, 3.63) is 51.0 Å². The SMILES string of the molecule is CC(C)c1csc(CNC(=O)c2cccc3c2C(=O)N(C2CCC(=O)NC2=O)C3=O)n1. The number of aromatic nitrogens is 1. The number of hydrogen-bond acceptors (Lipinski definition) is 7. The Bertz CT molecular complexity index is 1120. The third-order valence-electron chi connectivity index (χ3n) is 5.27. The van der Waals surface area contributed by atoms with Gasteiger partial charge in [0.05, 0.1) is 28.9 Å². The van der Waals surface area contributed by atoms with E-state index >= 15 is 0 Å². The van der Waals surface area contributed by atoms with Crippen LogP contribution in [0.4, 0.5) is 0 Å². The number of nitrogens with zero attached hydrogens (tertiary/aromatic N) is 2. The highest BCUT2D eigenvalue weighted by Crippen LogP contribution is 2.30. The standard InChI is InChI=1S/C21H20N4O5S/c1-10(2)13-9-31-16(23-13)8-22-18(27)11-4-3-5-12-17(11)21(30)25(20(12)29)14-6-7-15(26)24-19(14)28/h3-5,9-10,14H,6-8H2,1-2H3,(H,22,27)(H,24,26,28). The van der Waals surface area contributed by atoms with E-state index in [1.165, 1.54) is 29.5 Å². The number of carbonyl (C=O) groups excluding carboxylic acids is 5. The van der Waals surface area contributed by atoms with Crippen molar-refractivity contribution < 1.29 is 24.0 Å². The quantitative estimate of drug-likeness (QED) is 0.680. The maximum atomic E-state index is 13.1. The first-order valence-electron chi connectivity index (χ1n) is 9.85. The Kier molecular flexibility index (Phi) is 5.40. The van der Waals surface area contributed by atoms with Crippen LogP contribution >= 0.6 is 11.3 Å². The molecule has 9 nitrogen and oxygen atoms in total. The van der Waals surface area contributed by atoms with Gasteiger partial charge in [0.2, 0.25) is 11.8 Å². The van der Waals surface area contributed by atoms with Crippen LogP contribution in [0.25, 0.3) is 0 Å². The van der Waals surface area contributed by atoms with Gasteiger partial charge in [0, 0.05) is 11.8 Å². The van der Waals surface area contributed by atoms with Crippen LogP contribution in [0.1, 0.15) is 74.4 Å². The highest BCUT2D eigenvalue weighted by Gasteiger charge is 2.46. The van der Waals surface area contributed by atoms with E-state index in [1.54, 1.807) is 0 Å². The average molecular weight is 440 g/mol. The van der Waals surface area contributed by atoms with Crippen LogP contribution in [0.15, 0.2) is 23.6 Å². The summed E-state index contributed by atoms with van der Waals surface area (Å²) >= 11 is 1.43. The van der Waals surface area contributed by atoms with Crippen molar-refractivity contribution >= 4 is 40.9 Å². The summed E-state index contributed by atoms with van der Waals surface area (Å²) in [4.78, 5) is 67.7. The number of amides is 5. The predicted molar refractivity (Wildman–Crippen MR) is 110 cm³/mol. The molecular weight excluding hydrogens is 420 g/mol. The van der Waals surface area contributed by atoms with Gasteiger partial charge in [-0.25, -0.2) is 4.98 Å². The van der Waals surface area contributed by atoms with Gasteiger partial charge in [0.25, 0.3) is 17.7 Å². The second kappa shape index (κ2) is 8.03. The molecule has 1 aromatic carbocycles. The van der Waals surface area contributed by atoms with E-state index < -0.39 is 35.6 Å². The number of rotatable bonds is 5. The van der Waals surface area contributed by atoms with Crippen molar-refractivity contribution in [3.8, 4) is 0 Å². The van der Waals surface area contributed by atoms with Crippen LogP contribution < -0.4 is 10.6 Å². The van der Waals surface area contributed by atoms with E-state index in [0.29, 0.717) is 0 Å². The third kappa shape index (κ3) is 3.74. The topological polar surface area (TPSA) is 126 Å². The molecule has 1 atom stereocenters. The zero-order valence-corrected chi connectivity index (χ0v) is 17.7. The smallest absolute Gasteiger partial charge is 0.263 e. The molecule has 2 aliphatic rings. The summed E-state index contributed by atoms with van der Waals surface area (Å²) in [6.07, 6.45) is 0.0865. The van der Waals surface area contributed by atoms with Crippen molar-refractivity contribution in [3.63, 3.8) is 0 Å². The largest absolute Gasteiger partial charge is 0.346 e. The van der Waals surface area contributed by atoms with Gasteiger partial charge in [0.15, 0.2) is 0 Å². The lowest BCUT2D eigenvalue weighted by Gasteiger charge is -2.27. The van der Waals surface area contributed by atoms with Crippen LogP contribution in [0.2, 0.25) is 0 Å². The summed E-state index contributed by atoms with van der Waals surface area (Å²) in [5, 5.41) is 7.57. The molecule has 0 radical (unpaired) electrons. The molecule has 4 rings (SSSR count). The summed E-state index contributed by atoms with van der Waals surface area (Å²) in [5.74, 6) is -2.73. The molecule has 0 aliphatic carbocycles. The minimum atomic E-state index is -1.08. The lowest BCUT2D eigenvalue weighted by Crippen LogP contribution is -2.54. The first kappa shape index (κ1) is 20.9. The Morgan fingerprint density at radius 1 is 1.26 bits per heavy atom. The van der Waals surface area contributed by atoms with Crippen molar-refractivity contribution in [1.29, 1.82) is 0 Å². The molecule has 2 aliphatic heterocycles. The van der Waals surface area contributed by atoms with Gasteiger partial charge in [-0.1, -0.05) is 19.9 Å². The maximum absolute atomic E-state index is 13.1. The summed E-state index contributed by atoms with van der Waals surface area (Å²) in [5.41, 5.74) is 1.04. The first-order valence-corrected chi connectivity index (χ1v) is 10.7. The molecule has 1 aromatic heterocycles. The van der Waals surface area contributed by atoms with Gasteiger partial charge in [0.1, 0.15) is 11.0 Å². The normalized spacial score (nSPS) is 18.4. The van der Waals surface area contributed by atoms with Crippen molar-refractivity contribution in [1.82, 2.24) is 20.5 Å². The van der Waals surface area contributed by atoms with Gasteiger partial charge >= 0.3 is 0 Å². The van der Waals surface area contributed by atoms with Gasteiger partial charge in [-0.15, -0.1) is 11.3 Å². The number of piperidine rings is 1. The van der Waals surface area contributed by atoms with Crippen LogP contribution in [-0.4, -0.2) is 45.5 Å². The number of fused-ring (bicyclic) bond motifs is 1. The first-order chi connectivity index (χ1) is 14.8. The number of hydrogen-bond donors (Lipinski definition) is 2. The summed E-state index contributed by atoms with van der Waals surface area (Å²) < 4.78 is 0. The summed E-state index contributed by atoms with van der Waals surface area (Å²) in [6, 6.07) is 3.36. The number of benzene rings is 1. The molecule has 1 fully saturated rings. The molecule has 10 heteroatoms. The van der Waals surface area contributed by atoms with Gasteiger partial charge in [-0.2, -0.15) is 0 Å². The molecule has 1 saturated heterocycles. The van der Waals surface area contributed by atoms with Crippen LogP contribution in [0, 0.1) is 0 Å². The molecule has 5 amide bonds. The maximum Gasteiger partial charge on any atom is 0.263 e. The van der Waals surface area contributed by atoms with Crippen LogP contribution in [-0.2, 0) is 16.1 Å². The molecular formula is C21H20N4O5S. The second-order valence-corrected chi connectivity index (χ2v) is 8.62. The number of imide groups is 2. The summed E-state index contributed by atoms with van der Waals surface area (Å²) in [6.45, 7) is 4.25. The number of carbonyl (C=O) groups is 5. The minimum absolute atomic E-state index is 0.0308. The number of nitrogens with one attached hydrogen (secondary N) is 2. The van der Waals surface area contributed by atoms with Gasteiger partial charge < -0.3 is 5.32 Å². The predicted octanol–water partition coefficient (Wildman–Crippen LogP) is 1.60. The van der Waals surface area contributed by atoms with E-state index in [9.17, 15) is 24.0 Å². The van der Waals surface area contributed by atoms with E-state index in [1.807, 2.05) is 19.2 Å². The zero-order chi connectivity index (χ0) is 22.3. The van der Waals surface area contributed by atoms with Gasteiger partial charge in [-0.3, -0.25) is 34.2 Å². The Labute approximate surface area is 181 Å².